The summed E-state index contributed by atoms with van der Waals surface area (Å²) < 4.78 is 0. The number of para-hydroxylation sites is 1. The molecule has 0 aromatic heterocycles. The standard InChI is InChI=1S/C20H20N4/c21-12-16-8-5-9-17(13-22)20(16)23-14-18-6-1-2-7-19(18)15-24-10-3-4-11-24/h1-2,5-9,23H,3-4,10-11,14-15H2. The Hall–Kier alpha value is -2.82. The van der Waals surface area contributed by atoms with Gasteiger partial charge in [0.15, 0.2) is 0 Å². The minimum atomic E-state index is 0.506. The van der Waals surface area contributed by atoms with Crippen LogP contribution in [0.2, 0.25) is 0 Å². The minimum absolute atomic E-state index is 0.506. The summed E-state index contributed by atoms with van der Waals surface area (Å²) in [6.07, 6.45) is 2.56. The lowest BCUT2D eigenvalue weighted by molar-refractivity contribution is 0.330. The lowest BCUT2D eigenvalue weighted by atomic mass is 10.1. The number of nitrogens with zero attached hydrogens (tertiary/aromatic N) is 3. The molecule has 1 saturated heterocycles. The van der Waals surface area contributed by atoms with Gasteiger partial charge in [-0.3, -0.25) is 4.90 Å². The molecule has 1 N–H and O–H groups in total. The molecule has 1 fully saturated rings. The van der Waals surface area contributed by atoms with Gasteiger partial charge in [-0.15, -0.1) is 0 Å². The Morgan fingerprint density at radius 3 is 2.12 bits per heavy atom. The maximum atomic E-state index is 9.27. The highest BCUT2D eigenvalue weighted by Crippen LogP contribution is 2.22. The van der Waals surface area contributed by atoms with E-state index < -0.39 is 0 Å². The number of benzene rings is 2. The Morgan fingerprint density at radius 1 is 0.875 bits per heavy atom. The molecule has 0 aliphatic carbocycles. The monoisotopic (exact) mass is 316 g/mol. The summed E-state index contributed by atoms with van der Waals surface area (Å²) >= 11 is 0. The zero-order valence-electron chi connectivity index (χ0n) is 13.6. The third-order valence-corrected chi connectivity index (χ3v) is 4.47. The highest BCUT2D eigenvalue weighted by Gasteiger charge is 2.14. The number of nitrogens with one attached hydrogen (secondary N) is 1. The van der Waals surface area contributed by atoms with E-state index in [-0.39, 0.29) is 0 Å². The fourth-order valence-electron chi connectivity index (χ4n) is 3.18. The Morgan fingerprint density at radius 2 is 1.50 bits per heavy atom. The van der Waals surface area contributed by atoms with E-state index >= 15 is 0 Å². The summed E-state index contributed by atoms with van der Waals surface area (Å²) in [5, 5.41) is 21.8. The van der Waals surface area contributed by atoms with E-state index in [1.807, 2.05) is 6.07 Å². The number of anilines is 1. The van der Waals surface area contributed by atoms with Crippen LogP contribution in [0.3, 0.4) is 0 Å². The van der Waals surface area contributed by atoms with E-state index in [0.717, 1.165) is 19.6 Å². The number of rotatable bonds is 5. The second-order valence-electron chi connectivity index (χ2n) is 6.06. The first kappa shape index (κ1) is 16.1. The smallest absolute Gasteiger partial charge is 0.101 e. The fraction of sp³-hybridized carbons (Fsp3) is 0.300. The van der Waals surface area contributed by atoms with E-state index in [1.54, 1.807) is 18.2 Å². The van der Waals surface area contributed by atoms with Gasteiger partial charge in [-0.25, -0.2) is 0 Å². The molecule has 24 heavy (non-hydrogen) atoms. The normalized spacial score (nSPS) is 14.1. The second-order valence-corrected chi connectivity index (χ2v) is 6.06. The Balaban J connectivity index is 1.78. The molecule has 4 nitrogen and oxygen atoms in total. The molecule has 1 aliphatic rings. The predicted octanol–water partition coefficient (Wildman–Crippen LogP) is 3.64. The van der Waals surface area contributed by atoms with Crippen molar-refractivity contribution in [3.8, 4) is 12.1 Å². The average Bonchev–Trinajstić information content (AvgIpc) is 3.13. The van der Waals surface area contributed by atoms with Crippen LogP contribution in [0, 0.1) is 22.7 Å². The van der Waals surface area contributed by atoms with Crippen molar-refractivity contribution in [3.05, 3.63) is 64.7 Å². The molecule has 0 saturated carbocycles. The van der Waals surface area contributed by atoms with Crippen LogP contribution < -0.4 is 5.32 Å². The zero-order valence-corrected chi connectivity index (χ0v) is 13.6. The summed E-state index contributed by atoms with van der Waals surface area (Å²) in [6, 6.07) is 17.9. The van der Waals surface area contributed by atoms with Crippen LogP contribution in [0.1, 0.15) is 35.1 Å². The molecular weight excluding hydrogens is 296 g/mol. The molecular formula is C20H20N4. The summed E-state index contributed by atoms with van der Waals surface area (Å²) in [5.41, 5.74) is 4.15. The summed E-state index contributed by atoms with van der Waals surface area (Å²) in [7, 11) is 0. The lowest BCUT2D eigenvalue weighted by Crippen LogP contribution is -2.19. The largest absolute Gasteiger partial charge is 0.379 e. The van der Waals surface area contributed by atoms with E-state index in [1.165, 1.54) is 24.0 Å². The second kappa shape index (κ2) is 7.64. The van der Waals surface area contributed by atoms with Gasteiger partial charge in [0.1, 0.15) is 12.1 Å². The van der Waals surface area contributed by atoms with Crippen molar-refractivity contribution in [2.45, 2.75) is 25.9 Å². The summed E-state index contributed by atoms with van der Waals surface area (Å²) in [4.78, 5) is 2.47. The van der Waals surface area contributed by atoms with Crippen molar-refractivity contribution in [2.75, 3.05) is 18.4 Å². The molecule has 1 aliphatic heterocycles. The topological polar surface area (TPSA) is 62.9 Å². The van der Waals surface area contributed by atoms with Gasteiger partial charge in [0.2, 0.25) is 0 Å². The van der Waals surface area contributed by atoms with Gasteiger partial charge in [0.25, 0.3) is 0 Å². The molecule has 0 atom stereocenters. The SMILES string of the molecule is N#Cc1cccc(C#N)c1NCc1ccccc1CN1CCCC1. The molecule has 0 bridgehead atoms. The number of nitriles is 2. The van der Waals surface area contributed by atoms with Crippen LogP contribution in [-0.4, -0.2) is 18.0 Å². The van der Waals surface area contributed by atoms with E-state index in [9.17, 15) is 10.5 Å². The van der Waals surface area contributed by atoms with E-state index in [4.69, 9.17) is 0 Å². The molecule has 4 heteroatoms. The quantitative estimate of drug-likeness (QED) is 0.915. The average molecular weight is 316 g/mol. The van der Waals surface area contributed by atoms with E-state index in [2.05, 4.69) is 40.6 Å². The molecule has 2 aromatic rings. The van der Waals surface area contributed by atoms with Gasteiger partial charge in [0, 0.05) is 13.1 Å². The maximum absolute atomic E-state index is 9.27. The molecule has 0 unspecified atom stereocenters. The highest BCUT2D eigenvalue weighted by atomic mass is 15.1. The van der Waals surface area contributed by atoms with Crippen molar-refractivity contribution in [1.29, 1.82) is 10.5 Å². The van der Waals surface area contributed by atoms with Crippen molar-refractivity contribution < 1.29 is 0 Å². The molecule has 1 heterocycles. The van der Waals surface area contributed by atoms with Gasteiger partial charge in [-0.05, 0) is 49.2 Å². The van der Waals surface area contributed by atoms with Gasteiger partial charge < -0.3 is 5.32 Å². The first-order valence-corrected chi connectivity index (χ1v) is 8.28. The van der Waals surface area contributed by atoms with E-state index in [0.29, 0.717) is 23.4 Å². The van der Waals surface area contributed by atoms with Crippen molar-refractivity contribution in [1.82, 2.24) is 4.90 Å². The number of likely N-dealkylation sites (tertiary alicyclic amines) is 1. The summed E-state index contributed by atoms with van der Waals surface area (Å²) in [6.45, 7) is 3.90. The zero-order chi connectivity index (χ0) is 16.8. The maximum Gasteiger partial charge on any atom is 0.101 e. The van der Waals surface area contributed by atoms with Crippen LogP contribution in [-0.2, 0) is 13.1 Å². The van der Waals surface area contributed by atoms with Crippen LogP contribution >= 0.6 is 0 Å². The third-order valence-electron chi connectivity index (χ3n) is 4.47. The van der Waals surface area contributed by atoms with Crippen molar-refractivity contribution in [2.24, 2.45) is 0 Å². The highest BCUT2D eigenvalue weighted by molar-refractivity contribution is 5.66. The van der Waals surface area contributed by atoms with Crippen LogP contribution in [0.5, 0.6) is 0 Å². The molecule has 0 radical (unpaired) electrons. The Kier molecular flexibility index (Phi) is 5.11. The molecule has 120 valence electrons. The predicted molar refractivity (Wildman–Crippen MR) is 94.2 cm³/mol. The van der Waals surface area contributed by atoms with Gasteiger partial charge in [0.05, 0.1) is 16.8 Å². The first-order chi connectivity index (χ1) is 11.8. The number of hydrogen-bond donors (Lipinski definition) is 1. The lowest BCUT2D eigenvalue weighted by Gasteiger charge is -2.18. The fourth-order valence-corrected chi connectivity index (χ4v) is 3.18. The van der Waals surface area contributed by atoms with Crippen molar-refractivity contribution in [3.63, 3.8) is 0 Å². The number of hydrogen-bond acceptors (Lipinski definition) is 4. The van der Waals surface area contributed by atoms with Gasteiger partial charge in [-0.1, -0.05) is 30.3 Å². The molecule has 0 amide bonds. The van der Waals surface area contributed by atoms with Gasteiger partial charge in [-0.2, -0.15) is 10.5 Å². The van der Waals surface area contributed by atoms with Crippen LogP contribution in [0.25, 0.3) is 0 Å². The van der Waals surface area contributed by atoms with Crippen LogP contribution in [0.15, 0.2) is 42.5 Å². The summed E-state index contributed by atoms with van der Waals surface area (Å²) in [5.74, 6) is 0. The first-order valence-electron chi connectivity index (χ1n) is 8.28. The van der Waals surface area contributed by atoms with Gasteiger partial charge >= 0.3 is 0 Å². The Bertz CT molecular complexity index is 760. The third kappa shape index (κ3) is 3.56. The molecule has 3 rings (SSSR count). The molecule has 0 spiro atoms. The van der Waals surface area contributed by atoms with Crippen LogP contribution in [0.4, 0.5) is 5.69 Å². The molecule has 2 aromatic carbocycles. The minimum Gasteiger partial charge on any atom is -0.379 e. The van der Waals surface area contributed by atoms with Crippen molar-refractivity contribution >= 4 is 5.69 Å². The Labute approximate surface area is 142 Å².